The van der Waals surface area contributed by atoms with Crippen LogP contribution < -0.4 is 18.9 Å². The van der Waals surface area contributed by atoms with Gasteiger partial charge in [0.15, 0.2) is 46.8 Å². The molecule has 15 heteroatoms. The number of rotatable bonds is 16. The van der Waals surface area contributed by atoms with Crippen molar-refractivity contribution >= 4 is 23.9 Å². The van der Waals surface area contributed by atoms with Crippen molar-refractivity contribution in [2.45, 2.75) is 111 Å². The van der Waals surface area contributed by atoms with Gasteiger partial charge in [-0.3, -0.25) is 14.5 Å². The number of allylic oxidation sites excluding steroid dienone is 1. The molecule has 0 amide bonds. The van der Waals surface area contributed by atoms with E-state index in [4.69, 9.17) is 42.6 Å². The van der Waals surface area contributed by atoms with Crippen LogP contribution in [-0.4, -0.2) is 123 Å². The third-order valence-electron chi connectivity index (χ3n) is 16.7. The van der Waals surface area contributed by atoms with E-state index in [-0.39, 0.29) is 81.1 Å². The van der Waals surface area contributed by atoms with E-state index in [1.165, 1.54) is 0 Å². The summed E-state index contributed by atoms with van der Waals surface area (Å²) in [5.74, 6) is 2.06. The van der Waals surface area contributed by atoms with Gasteiger partial charge in [0.05, 0.1) is 48.5 Å². The molecule has 3 saturated carbocycles. The molecule has 4 unspecified atom stereocenters. The number of nitrogens with zero attached hydrogens (tertiary/aromatic N) is 1. The summed E-state index contributed by atoms with van der Waals surface area (Å²) in [6.45, 7) is 11.9. The monoisotopic (exact) mass is 897 g/mol. The summed E-state index contributed by atoms with van der Waals surface area (Å²) in [5, 5.41) is 12.3. The van der Waals surface area contributed by atoms with Crippen molar-refractivity contribution in [1.82, 2.24) is 4.90 Å². The molecule has 3 aliphatic heterocycles. The van der Waals surface area contributed by atoms with Crippen LogP contribution in [0.3, 0.4) is 0 Å². The van der Waals surface area contributed by atoms with Crippen molar-refractivity contribution in [2.24, 2.45) is 17.8 Å². The normalized spacial score (nSPS) is 34.3. The molecular weight excluding hydrogens is 839 g/mol. The number of carbonyl (C=O) groups excluding carboxylic acids is 4. The Hall–Kier alpha value is -4.80. The largest absolute Gasteiger partial charge is 0.514 e. The van der Waals surface area contributed by atoms with Crippen LogP contribution in [0.25, 0.3) is 0 Å². The summed E-state index contributed by atoms with van der Waals surface area (Å²) >= 11 is 0. The zero-order valence-corrected chi connectivity index (χ0v) is 37.3. The van der Waals surface area contributed by atoms with Gasteiger partial charge in [0.25, 0.3) is 0 Å². The lowest BCUT2D eigenvalue weighted by atomic mass is 9.48. The van der Waals surface area contributed by atoms with E-state index in [0.717, 1.165) is 47.9 Å². The second-order valence-electron chi connectivity index (χ2n) is 19.1. The number of hydrogen-bond acceptors (Lipinski definition) is 15. The van der Waals surface area contributed by atoms with Crippen molar-refractivity contribution in [3.63, 3.8) is 0 Å². The number of Topliss-reactive ketones (excluding diaryl/α,β-unsaturated/α-hetero) is 2. The number of aliphatic hydroxyl groups is 1. The van der Waals surface area contributed by atoms with Crippen LogP contribution in [0.5, 0.6) is 23.0 Å². The lowest BCUT2D eigenvalue weighted by Gasteiger charge is -2.62. The van der Waals surface area contributed by atoms with Gasteiger partial charge in [-0.1, -0.05) is 31.2 Å². The predicted molar refractivity (Wildman–Crippen MR) is 232 cm³/mol. The lowest BCUT2D eigenvalue weighted by Crippen LogP contribution is -2.76. The van der Waals surface area contributed by atoms with Crippen molar-refractivity contribution in [3.05, 3.63) is 71.8 Å². The van der Waals surface area contributed by atoms with Crippen molar-refractivity contribution in [2.75, 3.05) is 59.8 Å². The van der Waals surface area contributed by atoms with Crippen molar-refractivity contribution in [3.8, 4) is 23.0 Å². The molecule has 15 nitrogen and oxygen atoms in total. The molecule has 3 heterocycles. The molecule has 2 aromatic carbocycles. The number of likely N-dealkylation sites (tertiary alicyclic amines) is 1. The van der Waals surface area contributed by atoms with Gasteiger partial charge >= 0.3 is 12.3 Å². The molecule has 8 aliphatic rings. The average molecular weight is 898 g/mol. The summed E-state index contributed by atoms with van der Waals surface area (Å²) < 4.78 is 52.5. The van der Waals surface area contributed by atoms with Crippen LogP contribution in [0, 0.1) is 17.8 Å². The van der Waals surface area contributed by atoms with Crippen LogP contribution in [0.15, 0.2) is 49.6 Å². The second-order valence-corrected chi connectivity index (χ2v) is 19.1. The van der Waals surface area contributed by atoms with Gasteiger partial charge in [-0.25, -0.2) is 9.59 Å². The van der Waals surface area contributed by atoms with Crippen LogP contribution in [-0.2, 0) is 56.9 Å². The highest BCUT2D eigenvalue weighted by atomic mass is 16.7. The summed E-state index contributed by atoms with van der Waals surface area (Å²) in [7, 11) is 1.77. The summed E-state index contributed by atoms with van der Waals surface area (Å²) in [6.07, 6.45) is 6.38. The fourth-order valence-electron chi connectivity index (χ4n) is 14.0. The molecule has 2 aromatic rings. The standard InChI is InChI=1S/C50H59NO14/c1-5-7-30-12-15-48-40-31-8-10-37(42(40)65-44(48)35(53)14-17-50(48,57-4)33(27-31)29(30)3)63-46(55)61-26-24-59-22-21-58-23-25-60-45(54)62-36-11-9-32-28-38-49(56)16-13-34(52)43-47(49,39(32)41(36)64-43)18-20-51(38)19-6-2/h5-6,8-11,29-30,33,38,43-44,56H,1-2,7,12-28H2,3-4H3/t29?,30?,33-,38+,43-,44-,47?,48?,49+,50+/m0/s1. The van der Waals surface area contributed by atoms with Gasteiger partial charge < -0.3 is 47.7 Å². The Morgan fingerprint density at radius 2 is 1.37 bits per heavy atom. The predicted octanol–water partition coefficient (Wildman–Crippen LogP) is 5.90. The van der Waals surface area contributed by atoms with E-state index in [1.54, 1.807) is 19.2 Å². The number of hydrogen-bond donors (Lipinski definition) is 1. The maximum Gasteiger partial charge on any atom is 0.514 e. The molecule has 348 valence electrons. The Kier molecular flexibility index (Phi) is 11.4. The van der Waals surface area contributed by atoms with E-state index in [9.17, 15) is 24.3 Å². The molecule has 10 rings (SSSR count). The number of benzene rings is 2. The summed E-state index contributed by atoms with van der Waals surface area (Å²) in [4.78, 5) is 54.9. The van der Waals surface area contributed by atoms with Crippen molar-refractivity contribution in [1.29, 1.82) is 0 Å². The van der Waals surface area contributed by atoms with E-state index in [1.807, 2.05) is 24.3 Å². The Labute approximate surface area is 378 Å². The van der Waals surface area contributed by atoms with Crippen LogP contribution in [0.2, 0.25) is 0 Å². The molecule has 4 fully saturated rings. The summed E-state index contributed by atoms with van der Waals surface area (Å²) in [5.41, 5.74) is 0.451. The molecule has 0 aromatic heterocycles. The topological polar surface area (TPSA) is 175 Å². The number of methoxy groups -OCH3 is 1. The maximum atomic E-state index is 13.6. The first-order chi connectivity index (χ1) is 31.5. The Morgan fingerprint density at radius 3 is 1.98 bits per heavy atom. The highest BCUT2D eigenvalue weighted by molar-refractivity contribution is 5.91. The lowest BCUT2D eigenvalue weighted by molar-refractivity contribution is -0.187. The first kappa shape index (κ1) is 44.1. The quantitative estimate of drug-likeness (QED) is 0.0912. The average Bonchev–Trinajstić information content (AvgIpc) is 3.84. The Balaban J connectivity index is 0.679. The summed E-state index contributed by atoms with van der Waals surface area (Å²) in [6, 6.07) is 7.09. The van der Waals surface area contributed by atoms with Gasteiger partial charge in [-0.15, -0.1) is 13.2 Å². The minimum atomic E-state index is -1.17. The van der Waals surface area contributed by atoms with E-state index in [2.05, 4.69) is 25.0 Å². The van der Waals surface area contributed by atoms with Gasteiger partial charge in [-0.2, -0.15) is 0 Å². The highest BCUT2D eigenvalue weighted by Gasteiger charge is 2.74. The van der Waals surface area contributed by atoms with Crippen molar-refractivity contribution < 1.29 is 66.9 Å². The van der Waals surface area contributed by atoms with Gasteiger partial charge in [0.1, 0.15) is 13.2 Å². The third kappa shape index (κ3) is 6.46. The SMILES string of the molecule is C=CCC1CCC23c4c5ccc(OC(=O)OCCOCCOCCOC(=O)Oc6ccc7c8c6O[C@H]6C(=O)CC[C@@]9(O)[C@@H](C7)N(CC=C)CCC869)c4O[C@H]2C(=O)CC[C@@]3(OC)[C@@H](C5)C1C. The van der Waals surface area contributed by atoms with Crippen LogP contribution in [0.4, 0.5) is 9.59 Å². The first-order valence-electron chi connectivity index (χ1n) is 23.3. The maximum absolute atomic E-state index is 13.6. The molecule has 0 radical (unpaired) electrons. The zero-order chi connectivity index (χ0) is 45.3. The third-order valence-corrected chi connectivity index (χ3v) is 16.7. The fraction of sp³-hybridized carbons (Fsp3) is 0.600. The Morgan fingerprint density at radius 1 is 0.785 bits per heavy atom. The molecule has 4 bridgehead atoms. The van der Waals surface area contributed by atoms with E-state index in [0.29, 0.717) is 68.5 Å². The van der Waals surface area contributed by atoms with E-state index < -0.39 is 46.6 Å². The fourth-order valence-corrected chi connectivity index (χ4v) is 14.0. The molecule has 1 N–H and O–H groups in total. The smallest absolute Gasteiger partial charge is 0.477 e. The van der Waals surface area contributed by atoms with Gasteiger partial charge in [0.2, 0.25) is 0 Å². The molecule has 65 heavy (non-hydrogen) atoms. The van der Waals surface area contributed by atoms with E-state index >= 15 is 0 Å². The minimum Gasteiger partial charge on any atom is -0.477 e. The molecule has 10 atom stereocenters. The van der Waals surface area contributed by atoms with Gasteiger partial charge in [-0.05, 0) is 92.4 Å². The highest BCUT2D eigenvalue weighted by Crippen LogP contribution is 2.69. The van der Waals surface area contributed by atoms with Crippen LogP contribution in [0.1, 0.15) is 80.5 Å². The van der Waals surface area contributed by atoms with Crippen LogP contribution >= 0.6 is 0 Å². The number of ketones is 2. The second kappa shape index (κ2) is 16.8. The molecular formula is C50H59NO14. The van der Waals surface area contributed by atoms with Gasteiger partial charge in [0, 0.05) is 50.2 Å². The molecule has 5 aliphatic carbocycles. The Bertz CT molecular complexity index is 2300. The molecule has 2 spiro atoms. The molecule has 1 saturated heterocycles. The minimum absolute atomic E-state index is 0.0476. The first-order valence-corrected chi connectivity index (χ1v) is 23.3. The number of ether oxygens (including phenoxy) is 9. The zero-order valence-electron chi connectivity index (χ0n) is 37.3. The number of carbonyl (C=O) groups is 4. The number of piperidine rings is 1.